The van der Waals surface area contributed by atoms with E-state index in [0.29, 0.717) is 5.75 Å². The van der Waals surface area contributed by atoms with E-state index in [-0.39, 0.29) is 12.5 Å². The third-order valence-corrected chi connectivity index (χ3v) is 3.40. The first-order chi connectivity index (χ1) is 9.28. The Morgan fingerprint density at radius 3 is 2.68 bits per heavy atom. The molecule has 0 fully saturated rings. The molecule has 5 nitrogen and oxygen atoms in total. The van der Waals surface area contributed by atoms with Crippen molar-refractivity contribution in [3.63, 3.8) is 0 Å². The van der Waals surface area contributed by atoms with Gasteiger partial charge in [-0.2, -0.15) is 0 Å². The number of hydrogen-bond donors (Lipinski definition) is 2. The number of methoxy groups -OCH3 is 1. The van der Waals surface area contributed by atoms with Gasteiger partial charge in [-0.3, -0.25) is 10.2 Å². The fourth-order valence-corrected chi connectivity index (χ4v) is 2.32. The molecule has 1 heterocycles. The first-order valence-electron chi connectivity index (χ1n) is 5.90. The highest BCUT2D eigenvalue weighted by atomic mass is 32.2. The highest BCUT2D eigenvalue weighted by molar-refractivity contribution is 8.02. The Bertz CT molecular complexity index is 459. The fourth-order valence-electron chi connectivity index (χ4n) is 1.49. The Morgan fingerprint density at radius 1 is 1.32 bits per heavy atom. The Morgan fingerprint density at radius 2 is 2.05 bits per heavy atom. The molecule has 1 amide bonds. The van der Waals surface area contributed by atoms with Crippen LogP contribution in [0.5, 0.6) is 11.5 Å². The van der Waals surface area contributed by atoms with E-state index in [1.54, 1.807) is 43.1 Å². The maximum Gasteiger partial charge on any atom is 0.276 e. The zero-order valence-electron chi connectivity index (χ0n) is 10.6. The SMILES string of the molecule is COc1ccc(OCC(=O)NNC2=CSCC2)cc1. The summed E-state index contributed by atoms with van der Waals surface area (Å²) in [6.45, 7) is -0.0280. The second-order valence-corrected chi connectivity index (χ2v) is 4.88. The summed E-state index contributed by atoms with van der Waals surface area (Å²) in [7, 11) is 1.60. The van der Waals surface area contributed by atoms with Crippen molar-refractivity contribution >= 4 is 17.7 Å². The molecular formula is C13H16N2O3S. The van der Waals surface area contributed by atoms with E-state index in [2.05, 4.69) is 10.9 Å². The minimum atomic E-state index is -0.214. The van der Waals surface area contributed by atoms with Crippen molar-refractivity contribution in [1.82, 2.24) is 10.9 Å². The number of hydrogen-bond acceptors (Lipinski definition) is 5. The Kier molecular flexibility index (Phi) is 4.97. The van der Waals surface area contributed by atoms with Crippen LogP contribution in [0.2, 0.25) is 0 Å². The largest absolute Gasteiger partial charge is 0.497 e. The van der Waals surface area contributed by atoms with Crippen LogP contribution in [0.4, 0.5) is 0 Å². The van der Waals surface area contributed by atoms with Gasteiger partial charge in [-0.05, 0) is 36.1 Å². The van der Waals surface area contributed by atoms with Crippen LogP contribution in [0.25, 0.3) is 0 Å². The average molecular weight is 280 g/mol. The van der Waals surface area contributed by atoms with Crippen LogP contribution in [0, 0.1) is 0 Å². The van der Waals surface area contributed by atoms with Gasteiger partial charge in [-0.15, -0.1) is 11.8 Å². The molecule has 0 saturated carbocycles. The predicted octanol–water partition coefficient (Wildman–Crippen LogP) is 1.67. The molecule has 0 aliphatic carbocycles. The molecule has 0 unspecified atom stereocenters. The molecule has 2 N–H and O–H groups in total. The number of amides is 1. The van der Waals surface area contributed by atoms with Gasteiger partial charge in [0.2, 0.25) is 0 Å². The number of hydrazine groups is 1. The van der Waals surface area contributed by atoms with Gasteiger partial charge in [0, 0.05) is 11.4 Å². The van der Waals surface area contributed by atoms with E-state index in [9.17, 15) is 4.79 Å². The molecule has 0 bridgehead atoms. The monoisotopic (exact) mass is 280 g/mol. The molecule has 6 heteroatoms. The lowest BCUT2D eigenvalue weighted by Gasteiger charge is -2.10. The van der Waals surface area contributed by atoms with Gasteiger partial charge in [-0.1, -0.05) is 0 Å². The van der Waals surface area contributed by atoms with Crippen LogP contribution in [0.3, 0.4) is 0 Å². The highest BCUT2D eigenvalue weighted by Gasteiger charge is 2.07. The van der Waals surface area contributed by atoms with Crippen LogP contribution >= 0.6 is 11.8 Å². The van der Waals surface area contributed by atoms with E-state index in [0.717, 1.165) is 23.6 Å². The summed E-state index contributed by atoms with van der Waals surface area (Å²) in [5.74, 6) is 2.23. The number of carbonyl (C=O) groups excluding carboxylic acids is 1. The second-order valence-electron chi connectivity index (χ2n) is 3.90. The topological polar surface area (TPSA) is 59.6 Å². The highest BCUT2D eigenvalue weighted by Crippen LogP contribution is 2.18. The lowest BCUT2D eigenvalue weighted by Crippen LogP contribution is -2.39. The number of carbonyl (C=O) groups is 1. The smallest absolute Gasteiger partial charge is 0.276 e. The Balaban J connectivity index is 1.70. The summed E-state index contributed by atoms with van der Waals surface area (Å²) in [6.07, 6.45) is 0.949. The van der Waals surface area contributed by atoms with Crippen molar-refractivity contribution in [2.75, 3.05) is 19.5 Å². The first kappa shape index (κ1) is 13.6. The number of ether oxygens (including phenoxy) is 2. The van der Waals surface area contributed by atoms with E-state index in [4.69, 9.17) is 9.47 Å². The van der Waals surface area contributed by atoms with Crippen LogP contribution in [-0.4, -0.2) is 25.4 Å². The molecule has 102 valence electrons. The average Bonchev–Trinajstić information content (AvgIpc) is 2.96. The quantitative estimate of drug-likeness (QED) is 0.776. The lowest BCUT2D eigenvalue weighted by atomic mass is 10.3. The third kappa shape index (κ3) is 4.40. The van der Waals surface area contributed by atoms with Crippen LogP contribution in [0.15, 0.2) is 35.4 Å². The Hall–Kier alpha value is -1.82. The molecule has 0 spiro atoms. The maximum absolute atomic E-state index is 11.5. The molecule has 2 rings (SSSR count). The van der Waals surface area contributed by atoms with Crippen molar-refractivity contribution in [2.45, 2.75) is 6.42 Å². The van der Waals surface area contributed by atoms with Crippen molar-refractivity contribution in [2.24, 2.45) is 0 Å². The molecule has 0 atom stereocenters. The van der Waals surface area contributed by atoms with Crippen LogP contribution < -0.4 is 20.3 Å². The van der Waals surface area contributed by atoms with Crippen molar-refractivity contribution in [3.8, 4) is 11.5 Å². The first-order valence-corrected chi connectivity index (χ1v) is 6.95. The van der Waals surface area contributed by atoms with Gasteiger partial charge in [0.25, 0.3) is 5.91 Å². The number of benzene rings is 1. The molecule has 0 aromatic heterocycles. The zero-order chi connectivity index (χ0) is 13.5. The second kappa shape index (κ2) is 6.94. The van der Waals surface area contributed by atoms with Crippen LogP contribution in [0.1, 0.15) is 6.42 Å². The summed E-state index contributed by atoms with van der Waals surface area (Å²) in [4.78, 5) is 11.5. The number of thioether (sulfide) groups is 1. The molecule has 1 aromatic carbocycles. The van der Waals surface area contributed by atoms with Gasteiger partial charge in [0.15, 0.2) is 6.61 Å². The molecule has 1 aliphatic rings. The molecular weight excluding hydrogens is 264 g/mol. The molecule has 19 heavy (non-hydrogen) atoms. The van der Waals surface area contributed by atoms with Gasteiger partial charge in [0.05, 0.1) is 7.11 Å². The minimum absolute atomic E-state index is 0.0280. The van der Waals surface area contributed by atoms with Gasteiger partial charge < -0.3 is 14.9 Å². The normalized spacial score (nSPS) is 13.6. The Labute approximate surface area is 116 Å². The van der Waals surface area contributed by atoms with Gasteiger partial charge >= 0.3 is 0 Å². The zero-order valence-corrected chi connectivity index (χ0v) is 11.5. The van der Waals surface area contributed by atoms with E-state index >= 15 is 0 Å². The van der Waals surface area contributed by atoms with E-state index in [1.165, 1.54) is 0 Å². The molecule has 1 aliphatic heterocycles. The predicted molar refractivity (Wildman–Crippen MR) is 74.9 cm³/mol. The third-order valence-electron chi connectivity index (χ3n) is 2.51. The summed E-state index contributed by atoms with van der Waals surface area (Å²) >= 11 is 1.73. The van der Waals surface area contributed by atoms with Crippen molar-refractivity contribution < 1.29 is 14.3 Å². The maximum atomic E-state index is 11.5. The summed E-state index contributed by atoms with van der Waals surface area (Å²) in [6, 6.07) is 7.09. The molecule has 0 radical (unpaired) electrons. The lowest BCUT2D eigenvalue weighted by molar-refractivity contribution is -0.123. The number of allylic oxidation sites excluding steroid dienone is 1. The van der Waals surface area contributed by atoms with Gasteiger partial charge in [0.1, 0.15) is 11.5 Å². The summed E-state index contributed by atoms with van der Waals surface area (Å²) in [5, 5.41) is 2.00. The van der Waals surface area contributed by atoms with E-state index < -0.39 is 0 Å². The summed E-state index contributed by atoms with van der Waals surface area (Å²) < 4.78 is 10.4. The molecule has 1 aromatic rings. The minimum Gasteiger partial charge on any atom is -0.497 e. The van der Waals surface area contributed by atoms with Gasteiger partial charge in [-0.25, -0.2) is 0 Å². The van der Waals surface area contributed by atoms with E-state index in [1.807, 2.05) is 5.41 Å². The van der Waals surface area contributed by atoms with Crippen molar-refractivity contribution in [3.05, 3.63) is 35.4 Å². The number of rotatable bonds is 6. The standard InChI is InChI=1S/C13H16N2O3S/c1-17-11-2-4-12(5-3-11)18-8-13(16)15-14-10-6-7-19-9-10/h2-5,9,14H,6-8H2,1H3,(H,15,16). The fraction of sp³-hybridized carbons (Fsp3) is 0.308. The van der Waals surface area contributed by atoms with Crippen LogP contribution in [-0.2, 0) is 4.79 Å². The summed E-state index contributed by atoms with van der Waals surface area (Å²) in [5.41, 5.74) is 6.50. The molecule has 0 saturated heterocycles. The van der Waals surface area contributed by atoms with Crippen molar-refractivity contribution in [1.29, 1.82) is 0 Å². The number of nitrogens with one attached hydrogen (secondary N) is 2.